The number of aromatic nitrogens is 3. The molecule has 0 bridgehead atoms. The standard InChI is InChI=1S/C20H20N.C10H10N2O.Ir/c1-13(2)17-6-5-7-19-18(17)8-9-21-20(19)16-11-14(3)10-15(4)12-16;1-12-7-6-11-10(12)8-4-2-3-5-9(8)13;/h5-11,13H,1-4H3;2-7,13H,1H3;/q-1;;. The van der Waals surface area contributed by atoms with Crippen LogP contribution in [0.5, 0.6) is 5.75 Å². The quantitative estimate of drug-likeness (QED) is 0.212. The minimum absolute atomic E-state index is 0. The molecule has 0 saturated carbocycles. The van der Waals surface area contributed by atoms with Gasteiger partial charge in [-0.3, -0.25) is 0 Å². The van der Waals surface area contributed by atoms with Crippen molar-refractivity contribution in [2.75, 3.05) is 0 Å². The minimum atomic E-state index is 0. The molecule has 5 aromatic rings. The van der Waals surface area contributed by atoms with Gasteiger partial charge in [0.15, 0.2) is 0 Å². The number of imidazole rings is 1. The van der Waals surface area contributed by atoms with E-state index in [1.54, 1.807) is 18.3 Å². The fourth-order valence-corrected chi connectivity index (χ4v) is 4.26. The molecular formula is C30H30IrN3O-. The number of nitrogens with zero attached hydrogens (tertiary/aromatic N) is 3. The molecule has 5 heteroatoms. The number of phenolic OH excluding ortho intramolecular Hbond substituents is 1. The fourth-order valence-electron chi connectivity index (χ4n) is 4.26. The predicted molar refractivity (Wildman–Crippen MR) is 140 cm³/mol. The molecule has 0 aliphatic carbocycles. The number of fused-ring (bicyclic) bond motifs is 1. The molecule has 5 rings (SSSR count). The van der Waals surface area contributed by atoms with Crippen molar-refractivity contribution in [3.05, 3.63) is 102 Å². The van der Waals surface area contributed by atoms with Gasteiger partial charge in [-0.25, -0.2) is 4.98 Å². The Hall–Kier alpha value is -3.27. The van der Waals surface area contributed by atoms with Gasteiger partial charge in [0, 0.05) is 45.7 Å². The van der Waals surface area contributed by atoms with Gasteiger partial charge < -0.3 is 14.7 Å². The largest absolute Gasteiger partial charge is 0.507 e. The van der Waals surface area contributed by atoms with Gasteiger partial charge in [-0.1, -0.05) is 58.0 Å². The van der Waals surface area contributed by atoms with Crippen molar-refractivity contribution in [2.45, 2.75) is 33.6 Å². The van der Waals surface area contributed by atoms with Crippen LogP contribution in [0.15, 0.2) is 79.3 Å². The maximum Gasteiger partial charge on any atom is 0.143 e. The summed E-state index contributed by atoms with van der Waals surface area (Å²) in [6.45, 7) is 8.67. The van der Waals surface area contributed by atoms with Crippen molar-refractivity contribution in [3.8, 4) is 28.4 Å². The van der Waals surface area contributed by atoms with Gasteiger partial charge in [0.1, 0.15) is 11.6 Å². The van der Waals surface area contributed by atoms with E-state index in [9.17, 15) is 5.11 Å². The van der Waals surface area contributed by atoms with Gasteiger partial charge in [-0.05, 0) is 46.1 Å². The van der Waals surface area contributed by atoms with E-state index in [-0.39, 0.29) is 25.9 Å². The number of aryl methyl sites for hydroxylation is 3. The first-order valence-corrected chi connectivity index (χ1v) is 11.5. The van der Waals surface area contributed by atoms with Crippen LogP contribution in [0.25, 0.3) is 33.4 Å². The molecular weight excluding hydrogens is 611 g/mol. The molecule has 0 aliphatic rings. The van der Waals surface area contributed by atoms with Gasteiger partial charge in [-0.2, -0.15) is 0 Å². The molecule has 0 aliphatic heterocycles. The number of aromatic hydroxyl groups is 1. The summed E-state index contributed by atoms with van der Waals surface area (Å²) in [5.74, 6) is 1.54. The Kier molecular flexibility index (Phi) is 8.61. The molecule has 3 aromatic carbocycles. The normalized spacial score (nSPS) is 10.6. The van der Waals surface area contributed by atoms with Crippen molar-refractivity contribution in [2.24, 2.45) is 7.05 Å². The van der Waals surface area contributed by atoms with Crippen LogP contribution >= 0.6 is 0 Å². The van der Waals surface area contributed by atoms with E-state index in [1.165, 1.54) is 21.9 Å². The number of rotatable bonds is 3. The SMILES string of the molecule is Cc1[c-]c(-c2nccc3c(C(C)C)cccc23)cc(C)c1.Cn1ccnc1-c1ccccc1O.[Ir]. The van der Waals surface area contributed by atoms with E-state index < -0.39 is 0 Å². The molecule has 0 spiro atoms. The first kappa shape index (κ1) is 26.3. The zero-order chi connectivity index (χ0) is 24.2. The van der Waals surface area contributed by atoms with E-state index in [4.69, 9.17) is 0 Å². The van der Waals surface area contributed by atoms with Gasteiger partial charge in [0.05, 0.1) is 5.56 Å². The fraction of sp³-hybridized carbons (Fsp3) is 0.200. The number of phenols is 1. The van der Waals surface area contributed by atoms with Gasteiger partial charge in [-0.15, -0.1) is 34.9 Å². The van der Waals surface area contributed by atoms with Crippen LogP contribution in [0.2, 0.25) is 0 Å². The van der Waals surface area contributed by atoms with Gasteiger partial charge in [0.25, 0.3) is 0 Å². The molecule has 2 aromatic heterocycles. The summed E-state index contributed by atoms with van der Waals surface area (Å²) in [4.78, 5) is 8.78. The summed E-state index contributed by atoms with van der Waals surface area (Å²) in [5, 5.41) is 12.1. The average Bonchev–Trinajstić information content (AvgIpc) is 3.24. The number of para-hydroxylation sites is 1. The number of benzene rings is 3. The number of hydrogen-bond acceptors (Lipinski definition) is 3. The summed E-state index contributed by atoms with van der Waals surface area (Å²) >= 11 is 0. The van der Waals surface area contributed by atoms with Crippen molar-refractivity contribution < 1.29 is 25.2 Å². The molecule has 0 unspecified atom stereocenters. The number of hydrogen-bond donors (Lipinski definition) is 1. The zero-order valence-electron chi connectivity index (χ0n) is 20.7. The second kappa shape index (κ2) is 11.4. The summed E-state index contributed by atoms with van der Waals surface area (Å²) < 4.78 is 1.87. The Balaban J connectivity index is 0.000000211. The van der Waals surface area contributed by atoms with Crippen LogP contribution < -0.4 is 0 Å². The Bertz CT molecular complexity index is 1420. The first-order chi connectivity index (χ1) is 16.3. The molecule has 0 fully saturated rings. The van der Waals surface area contributed by atoms with Crippen LogP contribution in [0.1, 0.15) is 36.5 Å². The predicted octanol–water partition coefficient (Wildman–Crippen LogP) is 7.23. The first-order valence-electron chi connectivity index (χ1n) is 11.5. The Morgan fingerprint density at radius 1 is 0.886 bits per heavy atom. The van der Waals surface area contributed by atoms with Crippen LogP contribution in [-0.4, -0.2) is 19.6 Å². The van der Waals surface area contributed by atoms with E-state index in [2.05, 4.69) is 80.1 Å². The van der Waals surface area contributed by atoms with E-state index in [0.29, 0.717) is 5.92 Å². The Labute approximate surface area is 221 Å². The van der Waals surface area contributed by atoms with Crippen LogP contribution in [0.4, 0.5) is 0 Å². The molecule has 0 amide bonds. The third-order valence-electron chi connectivity index (χ3n) is 5.83. The third-order valence-corrected chi connectivity index (χ3v) is 5.83. The molecule has 4 nitrogen and oxygen atoms in total. The van der Waals surface area contributed by atoms with Crippen molar-refractivity contribution in [3.63, 3.8) is 0 Å². The average molecular weight is 641 g/mol. The van der Waals surface area contributed by atoms with E-state index in [1.807, 2.05) is 36.1 Å². The second-order valence-electron chi connectivity index (χ2n) is 8.89. The van der Waals surface area contributed by atoms with E-state index in [0.717, 1.165) is 28.2 Å². The maximum atomic E-state index is 9.55. The topological polar surface area (TPSA) is 50.9 Å². The summed E-state index contributed by atoms with van der Waals surface area (Å²) in [6, 6.07) is 23.6. The van der Waals surface area contributed by atoms with Crippen molar-refractivity contribution in [1.29, 1.82) is 0 Å². The summed E-state index contributed by atoms with van der Waals surface area (Å²) in [6.07, 6.45) is 5.47. The molecule has 0 atom stereocenters. The van der Waals surface area contributed by atoms with Crippen LogP contribution in [0.3, 0.4) is 0 Å². The van der Waals surface area contributed by atoms with E-state index >= 15 is 0 Å². The third kappa shape index (κ3) is 5.87. The van der Waals surface area contributed by atoms with Gasteiger partial charge >= 0.3 is 0 Å². The zero-order valence-corrected chi connectivity index (χ0v) is 23.1. The molecule has 0 saturated heterocycles. The second-order valence-corrected chi connectivity index (χ2v) is 8.89. The molecule has 35 heavy (non-hydrogen) atoms. The molecule has 1 radical (unpaired) electrons. The molecule has 181 valence electrons. The van der Waals surface area contributed by atoms with Crippen LogP contribution in [-0.2, 0) is 27.2 Å². The smallest absolute Gasteiger partial charge is 0.143 e. The van der Waals surface area contributed by atoms with Gasteiger partial charge in [0.2, 0.25) is 0 Å². The molecule has 1 N–H and O–H groups in total. The van der Waals surface area contributed by atoms with Crippen LogP contribution in [0, 0.1) is 19.9 Å². The Morgan fingerprint density at radius 2 is 1.66 bits per heavy atom. The molecule has 2 heterocycles. The Morgan fingerprint density at radius 3 is 2.31 bits per heavy atom. The van der Waals surface area contributed by atoms with Crippen molar-refractivity contribution >= 4 is 10.8 Å². The monoisotopic (exact) mass is 641 g/mol. The minimum Gasteiger partial charge on any atom is -0.507 e. The summed E-state index contributed by atoms with van der Waals surface area (Å²) in [5.41, 5.74) is 6.65. The maximum absolute atomic E-state index is 9.55. The van der Waals surface area contributed by atoms with Crippen molar-refractivity contribution in [1.82, 2.24) is 14.5 Å². The number of pyridine rings is 1. The summed E-state index contributed by atoms with van der Waals surface area (Å²) in [7, 11) is 1.90.